The van der Waals surface area contributed by atoms with Crippen molar-refractivity contribution in [2.75, 3.05) is 7.11 Å². The maximum atomic E-state index is 5.88. The van der Waals surface area contributed by atoms with Crippen molar-refractivity contribution in [3.8, 4) is 28.0 Å². The Kier molecular flexibility index (Phi) is 4.67. The lowest BCUT2D eigenvalue weighted by molar-refractivity contribution is 0.417. The van der Waals surface area contributed by atoms with E-state index in [9.17, 15) is 0 Å². The molecule has 128 valence electrons. The molecule has 3 rings (SSSR count). The summed E-state index contributed by atoms with van der Waals surface area (Å²) in [6.07, 6.45) is 0. The molecule has 0 aliphatic carbocycles. The summed E-state index contributed by atoms with van der Waals surface area (Å²) >= 11 is 0. The molecule has 3 aromatic rings. The van der Waals surface area contributed by atoms with Gasteiger partial charge in [0.1, 0.15) is 5.75 Å². The van der Waals surface area contributed by atoms with E-state index in [0.717, 1.165) is 16.9 Å². The number of methoxy groups -OCH3 is 1. The Morgan fingerprint density at radius 2 is 1.24 bits per heavy atom. The summed E-state index contributed by atoms with van der Waals surface area (Å²) in [6, 6.07) is 23.7. The van der Waals surface area contributed by atoms with Crippen LogP contribution in [0.15, 0.2) is 66.7 Å². The molecule has 0 aliphatic heterocycles. The second kappa shape index (κ2) is 6.76. The molecule has 0 aromatic heterocycles. The Balaban J connectivity index is 2.31. The molecule has 0 saturated heterocycles. The van der Waals surface area contributed by atoms with Gasteiger partial charge in [-0.2, -0.15) is 0 Å². The lowest BCUT2D eigenvalue weighted by Gasteiger charge is -2.24. The molecule has 0 fully saturated rings. The third kappa shape index (κ3) is 3.61. The highest BCUT2D eigenvalue weighted by Crippen LogP contribution is 2.42. The van der Waals surface area contributed by atoms with Crippen LogP contribution in [0.2, 0.25) is 0 Å². The Morgan fingerprint density at radius 1 is 0.720 bits per heavy atom. The topological polar surface area (TPSA) is 9.23 Å². The summed E-state index contributed by atoms with van der Waals surface area (Å²) in [4.78, 5) is 0. The van der Waals surface area contributed by atoms with Crippen LogP contribution in [-0.4, -0.2) is 7.11 Å². The zero-order valence-electron chi connectivity index (χ0n) is 15.8. The van der Waals surface area contributed by atoms with Crippen molar-refractivity contribution in [2.45, 2.75) is 33.1 Å². The molecule has 1 heteroatoms. The molecule has 0 N–H and O–H groups in total. The Morgan fingerprint density at radius 3 is 1.72 bits per heavy atom. The van der Waals surface area contributed by atoms with Crippen LogP contribution < -0.4 is 4.74 Å². The first-order valence-electron chi connectivity index (χ1n) is 8.75. The lowest BCUT2D eigenvalue weighted by Crippen LogP contribution is -2.12. The van der Waals surface area contributed by atoms with Crippen molar-refractivity contribution in [3.05, 3.63) is 77.9 Å². The smallest absolute Gasteiger partial charge is 0.134 e. The minimum absolute atomic E-state index is 0.0647. The van der Waals surface area contributed by atoms with Gasteiger partial charge in [0.25, 0.3) is 0 Å². The van der Waals surface area contributed by atoms with Gasteiger partial charge < -0.3 is 4.74 Å². The lowest BCUT2D eigenvalue weighted by atomic mass is 9.82. The normalized spacial score (nSPS) is 11.4. The van der Waals surface area contributed by atoms with E-state index in [1.165, 1.54) is 22.3 Å². The van der Waals surface area contributed by atoms with Crippen molar-refractivity contribution in [3.63, 3.8) is 0 Å². The first-order valence-corrected chi connectivity index (χ1v) is 8.75. The van der Waals surface area contributed by atoms with E-state index in [0.29, 0.717) is 0 Å². The molecule has 0 bridgehead atoms. The second-order valence-corrected chi connectivity index (χ2v) is 7.59. The molecule has 0 amide bonds. The third-order valence-electron chi connectivity index (χ3n) is 4.61. The fraction of sp³-hybridized carbons (Fsp3) is 0.250. The van der Waals surface area contributed by atoms with Crippen molar-refractivity contribution in [2.24, 2.45) is 0 Å². The Labute approximate surface area is 151 Å². The van der Waals surface area contributed by atoms with Crippen LogP contribution in [0.4, 0.5) is 0 Å². The minimum Gasteiger partial charge on any atom is -0.495 e. The fourth-order valence-corrected chi connectivity index (χ4v) is 3.06. The molecule has 0 unspecified atom stereocenters. The van der Waals surface area contributed by atoms with Crippen molar-refractivity contribution >= 4 is 0 Å². The largest absolute Gasteiger partial charge is 0.495 e. The van der Waals surface area contributed by atoms with E-state index in [4.69, 9.17) is 4.74 Å². The summed E-state index contributed by atoms with van der Waals surface area (Å²) in [5.74, 6) is 0.933. The number of ether oxygens (including phenoxy) is 1. The predicted molar refractivity (Wildman–Crippen MR) is 107 cm³/mol. The second-order valence-electron chi connectivity index (χ2n) is 7.59. The van der Waals surface area contributed by atoms with Gasteiger partial charge in [0.15, 0.2) is 0 Å². The van der Waals surface area contributed by atoms with E-state index in [2.05, 4.69) is 88.4 Å². The maximum Gasteiger partial charge on any atom is 0.134 e. The van der Waals surface area contributed by atoms with Crippen LogP contribution in [0, 0.1) is 6.92 Å². The number of hydrogen-bond acceptors (Lipinski definition) is 1. The van der Waals surface area contributed by atoms with Gasteiger partial charge in [-0.25, -0.2) is 0 Å². The number of hydrogen-bond donors (Lipinski definition) is 0. The van der Waals surface area contributed by atoms with Gasteiger partial charge in [-0.1, -0.05) is 80.9 Å². The fourth-order valence-electron chi connectivity index (χ4n) is 3.06. The Bertz CT molecular complexity index is 853. The van der Waals surface area contributed by atoms with Crippen LogP contribution in [0.1, 0.15) is 31.9 Å². The molecular formula is C24H26O. The van der Waals surface area contributed by atoms with Gasteiger partial charge in [-0.15, -0.1) is 0 Å². The molecule has 0 aliphatic rings. The zero-order valence-corrected chi connectivity index (χ0v) is 15.8. The number of aryl methyl sites for hydroxylation is 1. The monoisotopic (exact) mass is 330 g/mol. The zero-order chi connectivity index (χ0) is 18.0. The van der Waals surface area contributed by atoms with Crippen LogP contribution >= 0.6 is 0 Å². The molecule has 1 nitrogen and oxygen atoms in total. The van der Waals surface area contributed by atoms with Gasteiger partial charge in [-0.05, 0) is 41.2 Å². The summed E-state index contributed by atoms with van der Waals surface area (Å²) < 4.78 is 5.88. The van der Waals surface area contributed by atoms with Crippen LogP contribution in [0.25, 0.3) is 22.3 Å². The van der Waals surface area contributed by atoms with Crippen LogP contribution in [-0.2, 0) is 5.41 Å². The van der Waals surface area contributed by atoms with Gasteiger partial charge >= 0.3 is 0 Å². The predicted octanol–water partition coefficient (Wildman–Crippen LogP) is 6.64. The first kappa shape index (κ1) is 17.3. The van der Waals surface area contributed by atoms with Crippen LogP contribution in [0.5, 0.6) is 5.75 Å². The standard InChI is InChI=1S/C24H26O/c1-17-11-13-19(14-12-17)22-16-20(24(2,3)4)15-21(23(22)25-5)18-9-7-6-8-10-18/h6-16H,1-5H3. The Hall–Kier alpha value is -2.54. The molecule has 0 saturated carbocycles. The molecule has 3 aromatic carbocycles. The average Bonchev–Trinajstić information content (AvgIpc) is 2.61. The summed E-state index contributed by atoms with van der Waals surface area (Å²) in [6.45, 7) is 8.87. The summed E-state index contributed by atoms with van der Waals surface area (Å²) in [5.41, 5.74) is 7.29. The highest BCUT2D eigenvalue weighted by atomic mass is 16.5. The van der Waals surface area contributed by atoms with Gasteiger partial charge in [0, 0.05) is 11.1 Å². The highest BCUT2D eigenvalue weighted by Gasteiger charge is 2.21. The van der Waals surface area contributed by atoms with E-state index in [-0.39, 0.29) is 5.41 Å². The molecule has 0 atom stereocenters. The van der Waals surface area contributed by atoms with Gasteiger partial charge in [0.05, 0.1) is 7.11 Å². The SMILES string of the molecule is COc1c(-c2ccccc2)cc(C(C)(C)C)cc1-c1ccc(C)cc1. The molecular weight excluding hydrogens is 304 g/mol. The summed E-state index contributed by atoms with van der Waals surface area (Å²) in [5, 5.41) is 0. The minimum atomic E-state index is 0.0647. The quantitative estimate of drug-likeness (QED) is 0.523. The average molecular weight is 330 g/mol. The van der Waals surface area contributed by atoms with E-state index in [1.807, 2.05) is 6.07 Å². The van der Waals surface area contributed by atoms with Crippen molar-refractivity contribution in [1.29, 1.82) is 0 Å². The van der Waals surface area contributed by atoms with E-state index >= 15 is 0 Å². The first-order chi connectivity index (χ1) is 11.9. The van der Waals surface area contributed by atoms with E-state index < -0.39 is 0 Å². The van der Waals surface area contributed by atoms with Crippen LogP contribution in [0.3, 0.4) is 0 Å². The van der Waals surface area contributed by atoms with Crippen molar-refractivity contribution in [1.82, 2.24) is 0 Å². The molecule has 25 heavy (non-hydrogen) atoms. The molecule has 0 heterocycles. The number of rotatable bonds is 3. The maximum absolute atomic E-state index is 5.88. The van der Waals surface area contributed by atoms with Crippen molar-refractivity contribution < 1.29 is 4.74 Å². The third-order valence-corrected chi connectivity index (χ3v) is 4.61. The van der Waals surface area contributed by atoms with Gasteiger partial charge in [0.2, 0.25) is 0 Å². The number of benzene rings is 3. The summed E-state index contributed by atoms with van der Waals surface area (Å²) in [7, 11) is 1.76. The van der Waals surface area contributed by atoms with Gasteiger partial charge in [-0.3, -0.25) is 0 Å². The van der Waals surface area contributed by atoms with E-state index in [1.54, 1.807) is 7.11 Å². The highest BCUT2D eigenvalue weighted by molar-refractivity contribution is 5.83. The molecule has 0 radical (unpaired) electrons. The molecule has 0 spiro atoms.